The molecule has 0 saturated carbocycles. The first-order valence-electron chi connectivity index (χ1n) is 10.0. The zero-order valence-electron chi connectivity index (χ0n) is 17.4. The third-order valence-corrected chi connectivity index (χ3v) is 5.08. The summed E-state index contributed by atoms with van der Waals surface area (Å²) in [5.74, 6) is 1.48. The van der Waals surface area contributed by atoms with Crippen molar-refractivity contribution < 1.29 is 9.21 Å². The maximum atomic E-state index is 12.7. The molecule has 4 nitrogen and oxygen atoms in total. The van der Waals surface area contributed by atoms with E-state index in [9.17, 15) is 4.79 Å². The SMILES string of the molecule is CC(C)c1cccc(C(C)C)c1NC(=O)CNC(C)c1cc2ccccc2o1. The molecule has 1 heterocycles. The van der Waals surface area contributed by atoms with E-state index in [-0.39, 0.29) is 18.5 Å². The number of nitrogens with one attached hydrogen (secondary N) is 2. The fourth-order valence-electron chi connectivity index (χ4n) is 3.44. The van der Waals surface area contributed by atoms with Crippen LogP contribution in [-0.2, 0) is 4.79 Å². The van der Waals surface area contributed by atoms with Gasteiger partial charge in [-0.2, -0.15) is 0 Å². The molecule has 0 aliphatic carbocycles. The maximum Gasteiger partial charge on any atom is 0.238 e. The smallest absolute Gasteiger partial charge is 0.238 e. The van der Waals surface area contributed by atoms with Gasteiger partial charge < -0.3 is 9.73 Å². The summed E-state index contributed by atoms with van der Waals surface area (Å²) < 4.78 is 5.89. The van der Waals surface area contributed by atoms with E-state index in [0.717, 1.165) is 22.4 Å². The first-order chi connectivity index (χ1) is 13.4. The molecule has 0 aliphatic heterocycles. The minimum atomic E-state index is -0.0527. The number of para-hydroxylation sites is 2. The number of hydrogen-bond donors (Lipinski definition) is 2. The van der Waals surface area contributed by atoms with Crippen LogP contribution in [0.5, 0.6) is 0 Å². The molecule has 2 N–H and O–H groups in total. The number of amides is 1. The highest BCUT2D eigenvalue weighted by molar-refractivity contribution is 5.94. The average molecular weight is 379 g/mol. The molecular formula is C24H30N2O2. The number of rotatable bonds is 7. The summed E-state index contributed by atoms with van der Waals surface area (Å²) in [6.07, 6.45) is 0. The fourth-order valence-corrected chi connectivity index (χ4v) is 3.44. The molecule has 3 aromatic rings. The van der Waals surface area contributed by atoms with Crippen LogP contribution in [0, 0.1) is 0 Å². The van der Waals surface area contributed by atoms with Crippen LogP contribution < -0.4 is 10.6 Å². The average Bonchev–Trinajstić information content (AvgIpc) is 3.10. The number of carbonyl (C=O) groups is 1. The molecule has 0 bridgehead atoms. The first-order valence-corrected chi connectivity index (χ1v) is 10.0. The lowest BCUT2D eigenvalue weighted by molar-refractivity contribution is -0.115. The van der Waals surface area contributed by atoms with Gasteiger partial charge in [0.15, 0.2) is 0 Å². The van der Waals surface area contributed by atoms with Gasteiger partial charge in [0.2, 0.25) is 5.91 Å². The first kappa shape index (κ1) is 20.2. The predicted octanol–water partition coefficient (Wildman–Crippen LogP) is 5.97. The van der Waals surface area contributed by atoms with Crippen LogP contribution in [0.1, 0.15) is 69.4 Å². The minimum absolute atomic E-state index is 0.0436. The summed E-state index contributed by atoms with van der Waals surface area (Å²) >= 11 is 0. The van der Waals surface area contributed by atoms with E-state index in [1.165, 1.54) is 11.1 Å². The van der Waals surface area contributed by atoms with Crippen molar-refractivity contribution in [3.05, 3.63) is 65.4 Å². The van der Waals surface area contributed by atoms with Crippen LogP contribution in [-0.4, -0.2) is 12.5 Å². The maximum absolute atomic E-state index is 12.7. The molecule has 0 spiro atoms. The van der Waals surface area contributed by atoms with Gasteiger partial charge in [0, 0.05) is 11.1 Å². The van der Waals surface area contributed by atoms with E-state index in [1.807, 2.05) is 37.3 Å². The third-order valence-electron chi connectivity index (χ3n) is 5.08. The second-order valence-corrected chi connectivity index (χ2v) is 7.96. The quantitative estimate of drug-likeness (QED) is 0.532. The van der Waals surface area contributed by atoms with Crippen LogP contribution in [0.4, 0.5) is 5.69 Å². The predicted molar refractivity (Wildman–Crippen MR) is 116 cm³/mol. The number of furan rings is 1. The minimum Gasteiger partial charge on any atom is -0.459 e. The lowest BCUT2D eigenvalue weighted by Crippen LogP contribution is -2.30. The van der Waals surface area contributed by atoms with E-state index in [1.54, 1.807) is 0 Å². The summed E-state index contributed by atoms with van der Waals surface area (Å²) in [6.45, 7) is 10.8. The van der Waals surface area contributed by atoms with Crippen molar-refractivity contribution in [3.63, 3.8) is 0 Å². The summed E-state index contributed by atoms with van der Waals surface area (Å²) in [5.41, 5.74) is 4.16. The Balaban J connectivity index is 1.69. The molecular weight excluding hydrogens is 348 g/mol. The molecule has 1 unspecified atom stereocenters. The lowest BCUT2D eigenvalue weighted by atomic mass is 9.92. The molecule has 1 atom stereocenters. The number of anilines is 1. The molecule has 148 valence electrons. The van der Waals surface area contributed by atoms with Gasteiger partial charge in [-0.1, -0.05) is 64.1 Å². The van der Waals surface area contributed by atoms with Crippen LogP contribution in [0.3, 0.4) is 0 Å². The zero-order chi connectivity index (χ0) is 20.3. The number of carbonyl (C=O) groups excluding carboxylic acids is 1. The van der Waals surface area contributed by atoms with E-state index in [0.29, 0.717) is 11.8 Å². The van der Waals surface area contributed by atoms with Crippen molar-refractivity contribution in [1.82, 2.24) is 5.32 Å². The Hall–Kier alpha value is -2.59. The van der Waals surface area contributed by atoms with E-state index in [2.05, 4.69) is 56.5 Å². The number of benzene rings is 2. The van der Waals surface area contributed by atoms with Crippen LogP contribution in [0.2, 0.25) is 0 Å². The van der Waals surface area contributed by atoms with Gasteiger partial charge in [0.05, 0.1) is 12.6 Å². The Labute approximate surface area is 167 Å². The molecule has 0 radical (unpaired) electrons. The molecule has 0 aliphatic rings. The molecule has 1 amide bonds. The number of fused-ring (bicyclic) bond motifs is 1. The molecule has 1 aromatic heterocycles. The Bertz CT molecular complexity index is 897. The van der Waals surface area contributed by atoms with Gasteiger partial charge in [-0.05, 0) is 42.0 Å². The van der Waals surface area contributed by atoms with Gasteiger partial charge in [-0.15, -0.1) is 0 Å². The van der Waals surface area contributed by atoms with E-state index in [4.69, 9.17) is 4.42 Å². The highest BCUT2D eigenvalue weighted by atomic mass is 16.3. The Kier molecular flexibility index (Phi) is 6.20. The zero-order valence-corrected chi connectivity index (χ0v) is 17.4. The van der Waals surface area contributed by atoms with Gasteiger partial charge in [-0.25, -0.2) is 0 Å². The Morgan fingerprint density at radius 1 is 0.929 bits per heavy atom. The van der Waals surface area contributed by atoms with Crippen molar-refractivity contribution in [2.24, 2.45) is 0 Å². The number of hydrogen-bond acceptors (Lipinski definition) is 3. The second-order valence-electron chi connectivity index (χ2n) is 7.96. The monoisotopic (exact) mass is 378 g/mol. The molecule has 0 saturated heterocycles. The topological polar surface area (TPSA) is 54.3 Å². The lowest BCUT2D eigenvalue weighted by Gasteiger charge is -2.20. The van der Waals surface area contributed by atoms with Crippen molar-refractivity contribution >= 4 is 22.6 Å². The third kappa shape index (κ3) is 4.45. The van der Waals surface area contributed by atoms with E-state index < -0.39 is 0 Å². The summed E-state index contributed by atoms with van der Waals surface area (Å²) in [7, 11) is 0. The van der Waals surface area contributed by atoms with Crippen molar-refractivity contribution in [2.45, 2.75) is 52.5 Å². The highest BCUT2D eigenvalue weighted by Crippen LogP contribution is 2.32. The summed E-state index contributed by atoms with van der Waals surface area (Å²) in [5, 5.41) is 7.49. The van der Waals surface area contributed by atoms with Gasteiger partial charge in [0.1, 0.15) is 11.3 Å². The Morgan fingerprint density at radius 3 is 2.18 bits per heavy atom. The normalized spacial score (nSPS) is 12.7. The largest absolute Gasteiger partial charge is 0.459 e. The van der Waals surface area contributed by atoms with Crippen LogP contribution in [0.25, 0.3) is 11.0 Å². The van der Waals surface area contributed by atoms with Crippen LogP contribution in [0.15, 0.2) is 52.9 Å². The molecule has 2 aromatic carbocycles. The van der Waals surface area contributed by atoms with Crippen molar-refractivity contribution in [3.8, 4) is 0 Å². The van der Waals surface area contributed by atoms with Crippen molar-refractivity contribution in [1.29, 1.82) is 0 Å². The van der Waals surface area contributed by atoms with E-state index >= 15 is 0 Å². The highest BCUT2D eigenvalue weighted by Gasteiger charge is 2.17. The van der Waals surface area contributed by atoms with Gasteiger partial charge in [-0.3, -0.25) is 10.1 Å². The summed E-state index contributed by atoms with van der Waals surface area (Å²) in [4.78, 5) is 12.7. The second kappa shape index (κ2) is 8.61. The summed E-state index contributed by atoms with van der Waals surface area (Å²) in [6, 6.07) is 16.2. The molecule has 4 heteroatoms. The Morgan fingerprint density at radius 2 is 1.57 bits per heavy atom. The standard InChI is InChI=1S/C24H30N2O2/c1-15(2)19-10-8-11-20(16(3)4)24(19)26-23(27)14-25-17(5)22-13-18-9-6-7-12-21(18)28-22/h6-13,15-17,25H,14H2,1-5H3,(H,26,27). The molecule has 0 fully saturated rings. The fraction of sp³-hybridized carbons (Fsp3) is 0.375. The molecule has 3 rings (SSSR count). The van der Waals surface area contributed by atoms with Gasteiger partial charge in [0.25, 0.3) is 0 Å². The van der Waals surface area contributed by atoms with Crippen molar-refractivity contribution in [2.75, 3.05) is 11.9 Å². The molecule has 28 heavy (non-hydrogen) atoms. The van der Waals surface area contributed by atoms with Crippen LogP contribution >= 0.6 is 0 Å². The van der Waals surface area contributed by atoms with Gasteiger partial charge >= 0.3 is 0 Å².